The van der Waals surface area contributed by atoms with Crippen LogP contribution in [0.3, 0.4) is 0 Å². The molecule has 2 aliphatic heterocycles. The molecule has 0 aromatic rings. The molecule has 2 aliphatic rings. The van der Waals surface area contributed by atoms with Crippen molar-refractivity contribution in [3.8, 4) is 0 Å². The van der Waals surface area contributed by atoms with Crippen molar-refractivity contribution in [2.75, 3.05) is 0 Å². The summed E-state index contributed by atoms with van der Waals surface area (Å²) in [7, 11) is -0.398. The van der Waals surface area contributed by atoms with Gasteiger partial charge in [-0.2, -0.15) is 0 Å². The van der Waals surface area contributed by atoms with Gasteiger partial charge in [-0.25, -0.2) is 0 Å². The fourth-order valence-corrected chi connectivity index (χ4v) is 4.65. The molecule has 1 atom stereocenters. The molecule has 0 saturated carbocycles. The fourth-order valence-electron chi connectivity index (χ4n) is 4.65. The predicted molar refractivity (Wildman–Crippen MR) is 137 cm³/mol. The summed E-state index contributed by atoms with van der Waals surface area (Å²) in [6, 6.07) is 0. The predicted octanol–water partition coefficient (Wildman–Crippen LogP) is 7.85. The maximum Gasteiger partial charge on any atom is 0.460 e. The Morgan fingerprint density at radius 2 is 0.906 bits per heavy atom. The summed E-state index contributed by atoms with van der Waals surface area (Å²) >= 11 is 0. The highest BCUT2D eigenvalue weighted by Gasteiger charge is 2.56. The van der Waals surface area contributed by atoms with Crippen molar-refractivity contribution >= 4 is 14.2 Å². The van der Waals surface area contributed by atoms with E-state index in [4.69, 9.17) is 18.6 Å². The van der Waals surface area contributed by atoms with Crippen molar-refractivity contribution in [1.29, 1.82) is 0 Å². The molecule has 186 valence electrons. The molecular weight excluding hydrogens is 398 g/mol. The van der Waals surface area contributed by atoms with Crippen molar-refractivity contribution < 1.29 is 18.6 Å². The van der Waals surface area contributed by atoms with E-state index in [0.717, 1.165) is 12.7 Å². The van der Waals surface area contributed by atoms with Gasteiger partial charge < -0.3 is 18.6 Å². The lowest BCUT2D eigenvalue weighted by molar-refractivity contribution is 0.00578. The van der Waals surface area contributed by atoms with Gasteiger partial charge in [0.2, 0.25) is 0 Å². The molecule has 0 N–H and O–H groups in total. The Hall–Kier alpha value is -0.0301. The van der Waals surface area contributed by atoms with Crippen LogP contribution in [0.2, 0.25) is 12.1 Å². The molecule has 4 nitrogen and oxygen atoms in total. The highest BCUT2D eigenvalue weighted by atomic mass is 16.7. The standard InChI is InChI=1S/C26H52B2O4/c1-10-11-12-13-14-15-16-17-18-19-20-22(28-31-25(6,7)26(8,9)32-28)21-27-29-23(2,3)24(4,5)30-27/h22H,10-21H2,1-9H3/t22-/m0/s1. The lowest BCUT2D eigenvalue weighted by atomic mass is 9.59. The summed E-state index contributed by atoms with van der Waals surface area (Å²) in [4.78, 5) is 0. The Kier molecular flexibility index (Phi) is 10.2. The van der Waals surface area contributed by atoms with E-state index in [1.165, 1.54) is 64.2 Å². The van der Waals surface area contributed by atoms with Crippen LogP contribution in [0.25, 0.3) is 0 Å². The molecular formula is C26H52B2O4. The third-order valence-corrected chi connectivity index (χ3v) is 8.38. The van der Waals surface area contributed by atoms with Crippen molar-refractivity contribution in [3.05, 3.63) is 0 Å². The molecule has 2 heterocycles. The van der Waals surface area contributed by atoms with Crippen LogP contribution in [0.5, 0.6) is 0 Å². The van der Waals surface area contributed by atoms with E-state index in [9.17, 15) is 0 Å². The lowest BCUT2D eigenvalue weighted by Gasteiger charge is -2.32. The first kappa shape index (κ1) is 28.2. The van der Waals surface area contributed by atoms with Crippen LogP contribution >= 0.6 is 0 Å². The average molecular weight is 450 g/mol. The molecule has 0 aromatic heterocycles. The summed E-state index contributed by atoms with van der Waals surface area (Å²) in [6.45, 7) is 19.3. The highest BCUT2D eigenvalue weighted by Crippen LogP contribution is 2.45. The van der Waals surface area contributed by atoms with Crippen LogP contribution in [0.1, 0.15) is 133 Å². The third kappa shape index (κ3) is 7.48. The van der Waals surface area contributed by atoms with E-state index in [1.54, 1.807) is 0 Å². The van der Waals surface area contributed by atoms with E-state index < -0.39 is 0 Å². The molecule has 2 rings (SSSR count). The zero-order chi connectivity index (χ0) is 24.0. The smallest absolute Gasteiger partial charge is 0.403 e. The Balaban J connectivity index is 1.83. The fraction of sp³-hybridized carbons (Fsp3) is 1.00. The Morgan fingerprint density at radius 3 is 1.34 bits per heavy atom. The molecule has 6 heteroatoms. The topological polar surface area (TPSA) is 36.9 Å². The first-order valence-electron chi connectivity index (χ1n) is 13.5. The molecule has 0 bridgehead atoms. The van der Waals surface area contributed by atoms with Crippen molar-refractivity contribution in [2.24, 2.45) is 0 Å². The van der Waals surface area contributed by atoms with Crippen LogP contribution in [0, 0.1) is 0 Å². The normalized spacial score (nSPS) is 24.3. The Morgan fingerprint density at radius 1 is 0.531 bits per heavy atom. The molecule has 0 radical (unpaired) electrons. The summed E-state index contributed by atoms with van der Waals surface area (Å²) in [5.74, 6) is 0.278. The number of unbranched alkanes of at least 4 members (excludes halogenated alkanes) is 9. The molecule has 0 unspecified atom stereocenters. The van der Waals surface area contributed by atoms with E-state index in [1.807, 2.05) is 0 Å². The summed E-state index contributed by atoms with van der Waals surface area (Å²) < 4.78 is 25.5. The number of hydrogen-bond acceptors (Lipinski definition) is 4. The van der Waals surface area contributed by atoms with Gasteiger partial charge in [0.1, 0.15) is 0 Å². The van der Waals surface area contributed by atoms with Gasteiger partial charge in [-0.1, -0.05) is 77.6 Å². The van der Waals surface area contributed by atoms with Crippen molar-refractivity contribution in [2.45, 2.75) is 167 Å². The Labute approximate surface area is 200 Å². The second kappa shape index (κ2) is 11.6. The summed E-state index contributed by atoms with van der Waals surface area (Å²) in [5.41, 5.74) is -1.20. The van der Waals surface area contributed by atoms with Gasteiger partial charge in [0.15, 0.2) is 0 Å². The molecule has 2 fully saturated rings. The molecule has 2 saturated heterocycles. The van der Waals surface area contributed by atoms with Crippen molar-refractivity contribution in [3.63, 3.8) is 0 Å². The van der Waals surface area contributed by atoms with Gasteiger partial charge in [0.05, 0.1) is 22.4 Å². The zero-order valence-corrected chi connectivity index (χ0v) is 22.9. The monoisotopic (exact) mass is 450 g/mol. The van der Waals surface area contributed by atoms with E-state index >= 15 is 0 Å². The molecule has 0 aromatic carbocycles. The van der Waals surface area contributed by atoms with Gasteiger partial charge in [-0.15, -0.1) is 0 Å². The van der Waals surface area contributed by atoms with Gasteiger partial charge in [0.25, 0.3) is 0 Å². The number of rotatable bonds is 14. The molecule has 32 heavy (non-hydrogen) atoms. The first-order valence-corrected chi connectivity index (χ1v) is 13.5. The molecule has 0 spiro atoms. The van der Waals surface area contributed by atoms with Gasteiger partial charge in [0, 0.05) is 0 Å². The third-order valence-electron chi connectivity index (χ3n) is 8.38. The summed E-state index contributed by atoms with van der Waals surface area (Å²) in [5, 5.41) is 0. The maximum atomic E-state index is 6.45. The number of hydrogen-bond donors (Lipinski definition) is 0. The van der Waals surface area contributed by atoms with Gasteiger partial charge in [-0.3, -0.25) is 0 Å². The second-order valence-electron chi connectivity index (χ2n) is 12.3. The van der Waals surface area contributed by atoms with Crippen LogP contribution in [0.15, 0.2) is 0 Å². The zero-order valence-electron chi connectivity index (χ0n) is 22.9. The minimum Gasteiger partial charge on any atom is -0.403 e. The summed E-state index contributed by atoms with van der Waals surface area (Å²) in [6.07, 6.45) is 15.4. The largest absolute Gasteiger partial charge is 0.460 e. The van der Waals surface area contributed by atoms with Crippen LogP contribution in [-0.4, -0.2) is 36.6 Å². The minimum absolute atomic E-state index is 0.197. The van der Waals surface area contributed by atoms with E-state index in [2.05, 4.69) is 62.3 Å². The Bertz CT molecular complexity index is 530. The first-order chi connectivity index (χ1) is 14.8. The maximum absolute atomic E-state index is 6.45. The van der Waals surface area contributed by atoms with Crippen molar-refractivity contribution in [1.82, 2.24) is 0 Å². The minimum atomic E-state index is -0.302. The SMILES string of the molecule is CCCCCCCCCCCC[C@@H](CB1OC(C)(C)C(C)(C)O1)B1OC(C)(C)C(C)(C)O1. The van der Waals surface area contributed by atoms with Crippen LogP contribution < -0.4 is 0 Å². The van der Waals surface area contributed by atoms with E-state index in [-0.39, 0.29) is 42.5 Å². The average Bonchev–Trinajstić information content (AvgIpc) is 3.01. The highest BCUT2D eigenvalue weighted by molar-refractivity contribution is 6.53. The molecule has 0 amide bonds. The lowest BCUT2D eigenvalue weighted by Crippen LogP contribution is -2.41. The second-order valence-corrected chi connectivity index (χ2v) is 12.3. The van der Waals surface area contributed by atoms with Gasteiger partial charge in [-0.05, 0) is 67.5 Å². The van der Waals surface area contributed by atoms with Gasteiger partial charge >= 0.3 is 14.2 Å². The quantitative estimate of drug-likeness (QED) is 0.199. The van der Waals surface area contributed by atoms with Crippen LogP contribution in [-0.2, 0) is 18.6 Å². The van der Waals surface area contributed by atoms with E-state index in [0.29, 0.717) is 0 Å². The van der Waals surface area contributed by atoms with Crippen LogP contribution in [0.4, 0.5) is 0 Å². The molecule has 0 aliphatic carbocycles.